The molecule has 0 aliphatic rings. The molecule has 182 valence electrons. The van der Waals surface area contributed by atoms with Crippen LogP contribution in [0.25, 0.3) is 33.9 Å². The Morgan fingerprint density at radius 1 is 0.368 bits per heavy atom. The lowest BCUT2D eigenvalue weighted by molar-refractivity contribution is 1.18. The molecule has 0 atom stereocenters. The summed E-state index contributed by atoms with van der Waals surface area (Å²) < 4.78 is 0. The number of rotatable bonds is 7. The van der Waals surface area contributed by atoms with Gasteiger partial charge in [-0.05, 0) is 54.6 Å². The van der Waals surface area contributed by atoms with Crippen molar-refractivity contribution in [3.05, 3.63) is 146 Å². The molecule has 6 rings (SSSR count). The molecule has 0 radical (unpaired) electrons. The molecule has 0 spiro atoms. The Bertz CT molecular complexity index is 1570. The molecule has 0 aliphatic carbocycles. The van der Waals surface area contributed by atoms with Crippen LogP contribution < -0.4 is 10.6 Å². The van der Waals surface area contributed by atoms with Gasteiger partial charge in [-0.15, -0.1) is 0 Å². The lowest BCUT2D eigenvalue weighted by atomic mass is 10.1. The van der Waals surface area contributed by atoms with Gasteiger partial charge in [-0.3, -0.25) is 0 Å². The number of para-hydroxylation sites is 3. The fraction of sp³-hybridized carbons (Fsp3) is 0. The molecule has 5 aromatic carbocycles. The van der Waals surface area contributed by atoms with E-state index in [9.17, 15) is 0 Å². The van der Waals surface area contributed by atoms with Crippen LogP contribution in [-0.2, 0) is 0 Å². The third kappa shape index (κ3) is 5.30. The minimum atomic E-state index is 0.697. The molecule has 4 nitrogen and oxygen atoms in total. The van der Waals surface area contributed by atoms with Gasteiger partial charge in [0.1, 0.15) is 0 Å². The highest BCUT2D eigenvalue weighted by atomic mass is 15.0. The zero-order valence-corrected chi connectivity index (χ0v) is 20.8. The number of anilines is 4. The monoisotopic (exact) mass is 490 g/mol. The van der Waals surface area contributed by atoms with Gasteiger partial charge >= 0.3 is 0 Å². The van der Waals surface area contributed by atoms with Crippen LogP contribution in [0.5, 0.6) is 0 Å². The van der Waals surface area contributed by atoms with Crippen molar-refractivity contribution in [1.29, 1.82) is 0 Å². The van der Waals surface area contributed by atoms with Crippen LogP contribution in [-0.4, -0.2) is 9.97 Å². The van der Waals surface area contributed by atoms with Gasteiger partial charge in [0.15, 0.2) is 5.82 Å². The minimum Gasteiger partial charge on any atom is -0.354 e. The van der Waals surface area contributed by atoms with E-state index >= 15 is 0 Å². The van der Waals surface area contributed by atoms with Gasteiger partial charge in [0, 0.05) is 28.1 Å². The average molecular weight is 491 g/mol. The highest BCUT2D eigenvalue weighted by Gasteiger charge is 2.11. The standard InChI is InChI=1S/C34H26N4/c1-4-12-25(13-5-1)32-24-33(26-14-6-2-7-15-26)38-34(37-32)27-20-22-29(23-21-27)36-31-19-11-10-18-30(31)35-28-16-8-3-9-17-28/h1-24,35-36H. The molecule has 0 fully saturated rings. The zero-order valence-electron chi connectivity index (χ0n) is 20.8. The van der Waals surface area contributed by atoms with E-state index < -0.39 is 0 Å². The first-order chi connectivity index (χ1) is 18.8. The summed E-state index contributed by atoms with van der Waals surface area (Å²) in [6, 6.07) is 49.1. The van der Waals surface area contributed by atoms with Crippen LogP contribution in [0.15, 0.2) is 146 Å². The summed E-state index contributed by atoms with van der Waals surface area (Å²) in [5.74, 6) is 0.697. The Balaban J connectivity index is 1.30. The molecule has 1 aromatic heterocycles. The summed E-state index contributed by atoms with van der Waals surface area (Å²) in [4.78, 5) is 9.87. The van der Waals surface area contributed by atoms with Crippen LogP contribution in [0.2, 0.25) is 0 Å². The molecular formula is C34H26N4. The molecule has 0 aliphatic heterocycles. The maximum Gasteiger partial charge on any atom is 0.160 e. The second-order valence-electron chi connectivity index (χ2n) is 8.93. The highest BCUT2D eigenvalue weighted by Crippen LogP contribution is 2.31. The predicted octanol–water partition coefficient (Wildman–Crippen LogP) is 8.96. The van der Waals surface area contributed by atoms with Gasteiger partial charge in [0.2, 0.25) is 0 Å². The van der Waals surface area contributed by atoms with E-state index in [-0.39, 0.29) is 0 Å². The third-order valence-electron chi connectivity index (χ3n) is 6.27. The van der Waals surface area contributed by atoms with Crippen molar-refractivity contribution < 1.29 is 0 Å². The van der Waals surface area contributed by atoms with Gasteiger partial charge in [0.05, 0.1) is 22.8 Å². The van der Waals surface area contributed by atoms with E-state index in [1.54, 1.807) is 0 Å². The van der Waals surface area contributed by atoms with Crippen molar-refractivity contribution in [1.82, 2.24) is 9.97 Å². The van der Waals surface area contributed by atoms with E-state index in [0.717, 1.165) is 50.8 Å². The molecule has 0 bridgehead atoms. The minimum absolute atomic E-state index is 0.697. The van der Waals surface area contributed by atoms with Crippen molar-refractivity contribution in [2.24, 2.45) is 0 Å². The summed E-state index contributed by atoms with van der Waals surface area (Å²) in [6.07, 6.45) is 0. The first-order valence-corrected chi connectivity index (χ1v) is 12.6. The molecule has 0 amide bonds. The molecule has 2 N–H and O–H groups in total. The molecule has 38 heavy (non-hydrogen) atoms. The van der Waals surface area contributed by atoms with Crippen LogP contribution >= 0.6 is 0 Å². The normalized spacial score (nSPS) is 10.6. The number of nitrogens with zero attached hydrogens (tertiary/aromatic N) is 2. The van der Waals surface area contributed by atoms with Crippen molar-refractivity contribution in [2.45, 2.75) is 0 Å². The summed E-state index contributed by atoms with van der Waals surface area (Å²) in [5, 5.41) is 7.03. The fourth-order valence-electron chi connectivity index (χ4n) is 4.33. The molecule has 0 saturated carbocycles. The second kappa shape index (κ2) is 10.8. The van der Waals surface area contributed by atoms with E-state index in [1.165, 1.54) is 0 Å². The average Bonchev–Trinajstić information content (AvgIpc) is 3.00. The van der Waals surface area contributed by atoms with E-state index in [0.29, 0.717) is 5.82 Å². The first kappa shape index (κ1) is 23.2. The Morgan fingerprint density at radius 3 is 1.29 bits per heavy atom. The molecule has 4 heteroatoms. The fourth-order valence-corrected chi connectivity index (χ4v) is 4.33. The van der Waals surface area contributed by atoms with Crippen LogP contribution in [0.1, 0.15) is 0 Å². The van der Waals surface area contributed by atoms with Crippen molar-refractivity contribution in [3.8, 4) is 33.9 Å². The predicted molar refractivity (Wildman–Crippen MR) is 158 cm³/mol. The van der Waals surface area contributed by atoms with Crippen LogP contribution in [0.4, 0.5) is 22.7 Å². The largest absolute Gasteiger partial charge is 0.354 e. The SMILES string of the molecule is c1ccc(Nc2ccccc2Nc2ccc(-c3nc(-c4ccccc4)cc(-c4ccccc4)n3)cc2)cc1. The van der Waals surface area contributed by atoms with E-state index in [1.807, 2.05) is 66.7 Å². The quantitative estimate of drug-likeness (QED) is 0.234. The molecule has 1 heterocycles. The summed E-state index contributed by atoms with van der Waals surface area (Å²) >= 11 is 0. The Kier molecular flexibility index (Phi) is 6.60. The smallest absolute Gasteiger partial charge is 0.160 e. The van der Waals surface area contributed by atoms with E-state index in [2.05, 4.69) is 89.5 Å². The number of benzene rings is 5. The number of hydrogen-bond acceptors (Lipinski definition) is 4. The summed E-state index contributed by atoms with van der Waals surface area (Å²) in [7, 11) is 0. The van der Waals surface area contributed by atoms with Crippen LogP contribution in [0, 0.1) is 0 Å². The highest BCUT2D eigenvalue weighted by molar-refractivity contribution is 5.79. The van der Waals surface area contributed by atoms with Crippen molar-refractivity contribution in [2.75, 3.05) is 10.6 Å². The van der Waals surface area contributed by atoms with Gasteiger partial charge in [-0.2, -0.15) is 0 Å². The zero-order chi connectivity index (χ0) is 25.6. The van der Waals surface area contributed by atoms with Crippen LogP contribution in [0.3, 0.4) is 0 Å². The Hall–Kier alpha value is -5.22. The van der Waals surface area contributed by atoms with E-state index in [4.69, 9.17) is 9.97 Å². The lowest BCUT2D eigenvalue weighted by Crippen LogP contribution is -1.98. The topological polar surface area (TPSA) is 49.8 Å². The second-order valence-corrected chi connectivity index (χ2v) is 8.93. The molecular weight excluding hydrogens is 464 g/mol. The van der Waals surface area contributed by atoms with Gasteiger partial charge < -0.3 is 10.6 Å². The van der Waals surface area contributed by atoms with Gasteiger partial charge in [0.25, 0.3) is 0 Å². The van der Waals surface area contributed by atoms with Crippen molar-refractivity contribution >= 4 is 22.7 Å². The lowest BCUT2D eigenvalue weighted by Gasteiger charge is -2.14. The number of nitrogens with one attached hydrogen (secondary N) is 2. The molecule has 6 aromatic rings. The number of aromatic nitrogens is 2. The summed E-state index contributed by atoms with van der Waals surface area (Å²) in [6.45, 7) is 0. The Morgan fingerprint density at radius 2 is 0.789 bits per heavy atom. The maximum atomic E-state index is 4.93. The molecule has 0 unspecified atom stereocenters. The van der Waals surface area contributed by atoms with Gasteiger partial charge in [-0.1, -0.05) is 91.0 Å². The first-order valence-electron chi connectivity index (χ1n) is 12.6. The number of hydrogen-bond donors (Lipinski definition) is 2. The third-order valence-corrected chi connectivity index (χ3v) is 6.27. The summed E-state index contributed by atoms with van der Waals surface area (Å²) in [5.41, 5.74) is 8.92. The maximum absolute atomic E-state index is 4.93. The molecule has 0 saturated heterocycles. The van der Waals surface area contributed by atoms with Gasteiger partial charge in [-0.25, -0.2) is 9.97 Å². The Labute approximate surface area is 222 Å². The van der Waals surface area contributed by atoms with Crippen molar-refractivity contribution in [3.63, 3.8) is 0 Å².